The number of amides is 2. The summed E-state index contributed by atoms with van der Waals surface area (Å²) in [6.45, 7) is 3.64. The lowest BCUT2D eigenvalue weighted by Gasteiger charge is -2.37. The van der Waals surface area contributed by atoms with Crippen molar-refractivity contribution in [1.82, 2.24) is 5.32 Å². The molecule has 4 heteroatoms. The Hall–Kier alpha value is -2.36. The molecule has 2 aromatic carbocycles. The summed E-state index contributed by atoms with van der Waals surface area (Å²) < 4.78 is 0. The van der Waals surface area contributed by atoms with Crippen molar-refractivity contribution < 1.29 is 9.59 Å². The number of benzene rings is 2. The third-order valence-corrected chi connectivity index (χ3v) is 3.98. The molecule has 1 N–H and O–H groups in total. The van der Waals surface area contributed by atoms with Crippen LogP contribution in [0.2, 0.25) is 0 Å². The van der Waals surface area contributed by atoms with Crippen molar-refractivity contribution in [2.45, 2.75) is 32.4 Å². The molecule has 21 heavy (non-hydrogen) atoms. The Labute approximate surface area is 123 Å². The van der Waals surface area contributed by atoms with Gasteiger partial charge in [0.2, 0.25) is 11.8 Å². The molecule has 1 aliphatic rings. The van der Waals surface area contributed by atoms with Crippen LogP contribution in [-0.2, 0) is 9.59 Å². The second-order valence-corrected chi connectivity index (χ2v) is 5.39. The van der Waals surface area contributed by atoms with Gasteiger partial charge in [-0.05, 0) is 36.2 Å². The second-order valence-electron chi connectivity index (χ2n) is 5.39. The fraction of sp³-hybridized carbons (Fsp3) is 0.294. The van der Waals surface area contributed by atoms with E-state index in [0.717, 1.165) is 16.5 Å². The highest BCUT2D eigenvalue weighted by molar-refractivity contribution is 6.09. The Morgan fingerprint density at radius 2 is 1.81 bits per heavy atom. The van der Waals surface area contributed by atoms with Crippen molar-refractivity contribution in [3.63, 3.8) is 0 Å². The molecule has 0 spiro atoms. The normalized spacial score (nSPS) is 22.5. The van der Waals surface area contributed by atoms with E-state index >= 15 is 0 Å². The van der Waals surface area contributed by atoms with Gasteiger partial charge in [0, 0.05) is 5.69 Å². The predicted octanol–water partition coefficient (Wildman–Crippen LogP) is 2.47. The van der Waals surface area contributed by atoms with E-state index in [2.05, 4.69) is 5.32 Å². The fourth-order valence-corrected chi connectivity index (χ4v) is 2.85. The molecule has 0 saturated carbocycles. The first-order valence-corrected chi connectivity index (χ1v) is 7.24. The van der Waals surface area contributed by atoms with E-state index in [1.165, 1.54) is 0 Å². The SMILES string of the molecule is CCC1C(=O)NC(C)C(=O)N1c1ccc2ccccc2c1. The maximum absolute atomic E-state index is 12.5. The molecular formula is C17H18N2O2. The van der Waals surface area contributed by atoms with Crippen molar-refractivity contribution in [1.29, 1.82) is 0 Å². The van der Waals surface area contributed by atoms with Crippen molar-refractivity contribution in [2.24, 2.45) is 0 Å². The number of carbonyl (C=O) groups is 2. The number of nitrogens with zero attached hydrogens (tertiary/aromatic N) is 1. The molecule has 0 aliphatic carbocycles. The summed E-state index contributed by atoms with van der Waals surface area (Å²) in [5, 5.41) is 4.92. The Kier molecular flexibility index (Phi) is 3.37. The molecule has 1 aliphatic heterocycles. The minimum atomic E-state index is -0.480. The van der Waals surface area contributed by atoms with Gasteiger partial charge in [0.1, 0.15) is 12.1 Å². The summed E-state index contributed by atoms with van der Waals surface area (Å²) in [7, 11) is 0. The van der Waals surface area contributed by atoms with Crippen LogP contribution in [-0.4, -0.2) is 23.9 Å². The average molecular weight is 282 g/mol. The zero-order valence-corrected chi connectivity index (χ0v) is 12.2. The molecule has 3 rings (SSSR count). The zero-order valence-electron chi connectivity index (χ0n) is 12.2. The topological polar surface area (TPSA) is 49.4 Å². The lowest BCUT2D eigenvalue weighted by atomic mass is 10.0. The first-order chi connectivity index (χ1) is 10.1. The minimum Gasteiger partial charge on any atom is -0.343 e. The second kappa shape index (κ2) is 5.20. The Morgan fingerprint density at radius 3 is 2.52 bits per heavy atom. The van der Waals surface area contributed by atoms with Gasteiger partial charge in [-0.25, -0.2) is 0 Å². The molecule has 1 heterocycles. The number of piperazine rings is 1. The number of hydrogen-bond donors (Lipinski definition) is 1. The maximum atomic E-state index is 12.5. The number of rotatable bonds is 2. The van der Waals surface area contributed by atoms with Crippen LogP contribution in [0, 0.1) is 0 Å². The zero-order chi connectivity index (χ0) is 15.0. The molecule has 0 radical (unpaired) electrons. The van der Waals surface area contributed by atoms with Gasteiger partial charge in [-0.2, -0.15) is 0 Å². The van der Waals surface area contributed by atoms with Gasteiger partial charge < -0.3 is 5.32 Å². The minimum absolute atomic E-state index is 0.0586. The monoisotopic (exact) mass is 282 g/mol. The molecule has 2 aromatic rings. The van der Waals surface area contributed by atoms with E-state index in [0.29, 0.717) is 6.42 Å². The van der Waals surface area contributed by atoms with Crippen LogP contribution in [0.4, 0.5) is 5.69 Å². The summed E-state index contributed by atoms with van der Waals surface area (Å²) >= 11 is 0. The highest BCUT2D eigenvalue weighted by Crippen LogP contribution is 2.27. The van der Waals surface area contributed by atoms with E-state index in [1.54, 1.807) is 11.8 Å². The van der Waals surface area contributed by atoms with Gasteiger partial charge >= 0.3 is 0 Å². The number of hydrogen-bond acceptors (Lipinski definition) is 2. The highest BCUT2D eigenvalue weighted by Gasteiger charge is 2.38. The summed E-state index contributed by atoms with van der Waals surface area (Å²) in [6.07, 6.45) is 0.594. The third kappa shape index (κ3) is 2.27. The Balaban J connectivity index is 2.08. The van der Waals surface area contributed by atoms with Gasteiger partial charge in [0.25, 0.3) is 0 Å². The molecule has 1 saturated heterocycles. The van der Waals surface area contributed by atoms with Gasteiger partial charge in [-0.1, -0.05) is 37.3 Å². The van der Waals surface area contributed by atoms with Gasteiger partial charge in [0.15, 0.2) is 0 Å². The van der Waals surface area contributed by atoms with Crippen LogP contribution < -0.4 is 10.2 Å². The first kappa shape index (κ1) is 13.6. The summed E-state index contributed by atoms with van der Waals surface area (Å²) in [6, 6.07) is 13.0. The summed E-state index contributed by atoms with van der Waals surface area (Å²) in [5.41, 5.74) is 0.784. The lowest BCUT2D eigenvalue weighted by Crippen LogP contribution is -2.62. The average Bonchev–Trinajstić information content (AvgIpc) is 2.50. The smallest absolute Gasteiger partial charge is 0.250 e. The van der Waals surface area contributed by atoms with Gasteiger partial charge in [-0.15, -0.1) is 0 Å². The lowest BCUT2D eigenvalue weighted by molar-refractivity contribution is -0.133. The standard InChI is InChI=1S/C17H18N2O2/c1-3-15-16(20)18-11(2)17(21)19(15)14-9-8-12-6-4-5-7-13(12)10-14/h4-11,15H,3H2,1-2H3,(H,18,20). The summed E-state index contributed by atoms with van der Waals surface area (Å²) in [4.78, 5) is 26.2. The summed E-state index contributed by atoms with van der Waals surface area (Å²) in [5.74, 6) is -0.144. The van der Waals surface area contributed by atoms with Gasteiger partial charge in [0.05, 0.1) is 0 Å². The van der Waals surface area contributed by atoms with Crippen LogP contribution in [0.5, 0.6) is 0 Å². The predicted molar refractivity (Wildman–Crippen MR) is 83.1 cm³/mol. The molecule has 1 fully saturated rings. The molecule has 2 amide bonds. The number of anilines is 1. The van der Waals surface area contributed by atoms with Crippen molar-refractivity contribution >= 4 is 28.3 Å². The third-order valence-electron chi connectivity index (χ3n) is 3.98. The number of fused-ring (bicyclic) bond motifs is 1. The van der Waals surface area contributed by atoms with Crippen LogP contribution >= 0.6 is 0 Å². The van der Waals surface area contributed by atoms with Crippen LogP contribution in [0.25, 0.3) is 10.8 Å². The van der Waals surface area contributed by atoms with E-state index < -0.39 is 12.1 Å². The van der Waals surface area contributed by atoms with Crippen molar-refractivity contribution in [2.75, 3.05) is 4.90 Å². The maximum Gasteiger partial charge on any atom is 0.250 e. The first-order valence-electron chi connectivity index (χ1n) is 7.24. The van der Waals surface area contributed by atoms with Crippen LogP contribution in [0.15, 0.2) is 42.5 Å². The largest absolute Gasteiger partial charge is 0.343 e. The molecular weight excluding hydrogens is 264 g/mol. The van der Waals surface area contributed by atoms with Crippen molar-refractivity contribution in [3.8, 4) is 0 Å². The fourth-order valence-electron chi connectivity index (χ4n) is 2.85. The van der Waals surface area contributed by atoms with Crippen LogP contribution in [0.3, 0.4) is 0 Å². The van der Waals surface area contributed by atoms with E-state index in [1.807, 2.05) is 49.4 Å². The van der Waals surface area contributed by atoms with Gasteiger partial charge in [-0.3, -0.25) is 14.5 Å². The quantitative estimate of drug-likeness (QED) is 0.920. The molecule has 108 valence electrons. The molecule has 2 unspecified atom stereocenters. The van der Waals surface area contributed by atoms with E-state index in [4.69, 9.17) is 0 Å². The van der Waals surface area contributed by atoms with Crippen LogP contribution in [0.1, 0.15) is 20.3 Å². The number of nitrogens with one attached hydrogen (secondary N) is 1. The van der Waals surface area contributed by atoms with E-state index in [9.17, 15) is 9.59 Å². The molecule has 4 nitrogen and oxygen atoms in total. The highest BCUT2D eigenvalue weighted by atomic mass is 16.2. The molecule has 0 aromatic heterocycles. The Morgan fingerprint density at radius 1 is 1.10 bits per heavy atom. The molecule has 0 bridgehead atoms. The van der Waals surface area contributed by atoms with E-state index in [-0.39, 0.29) is 11.8 Å². The number of carbonyl (C=O) groups excluding carboxylic acids is 2. The molecule has 2 atom stereocenters. The van der Waals surface area contributed by atoms with Crippen molar-refractivity contribution in [3.05, 3.63) is 42.5 Å². The Bertz CT molecular complexity index is 711.